The van der Waals surface area contributed by atoms with Crippen molar-refractivity contribution in [1.29, 1.82) is 0 Å². The third-order valence-electron chi connectivity index (χ3n) is 2.94. The number of nitrogens with one attached hydrogen (secondary N) is 1. The predicted molar refractivity (Wildman–Crippen MR) is 80.3 cm³/mol. The van der Waals surface area contributed by atoms with Crippen molar-refractivity contribution in [1.82, 2.24) is 19.7 Å². The molecule has 0 amide bonds. The van der Waals surface area contributed by atoms with Crippen molar-refractivity contribution in [2.45, 2.75) is 19.9 Å². The molecule has 0 bridgehead atoms. The Bertz CT molecular complexity index is 723. The van der Waals surface area contributed by atoms with E-state index in [-0.39, 0.29) is 5.28 Å². The van der Waals surface area contributed by atoms with Crippen molar-refractivity contribution in [3.05, 3.63) is 41.8 Å². The van der Waals surface area contributed by atoms with Crippen LogP contribution in [0.1, 0.15) is 13.3 Å². The van der Waals surface area contributed by atoms with Gasteiger partial charge >= 0.3 is 0 Å². The van der Waals surface area contributed by atoms with Gasteiger partial charge in [-0.1, -0.05) is 25.1 Å². The van der Waals surface area contributed by atoms with Crippen molar-refractivity contribution >= 4 is 34.1 Å². The van der Waals surface area contributed by atoms with E-state index in [4.69, 9.17) is 11.6 Å². The molecule has 5 nitrogen and oxygen atoms in total. The zero-order chi connectivity index (χ0) is 13.9. The highest BCUT2D eigenvalue weighted by atomic mass is 35.5. The Kier molecular flexibility index (Phi) is 3.52. The maximum atomic E-state index is 6.02. The molecule has 0 saturated heterocycles. The number of para-hydroxylation sites is 1. The van der Waals surface area contributed by atoms with Gasteiger partial charge < -0.3 is 5.32 Å². The summed E-state index contributed by atoms with van der Waals surface area (Å²) in [6.07, 6.45) is 2.76. The highest BCUT2D eigenvalue weighted by molar-refractivity contribution is 6.28. The molecule has 0 spiro atoms. The quantitative estimate of drug-likeness (QED) is 0.745. The lowest BCUT2D eigenvalue weighted by Gasteiger charge is -2.07. The maximum absolute atomic E-state index is 6.02. The van der Waals surface area contributed by atoms with E-state index in [9.17, 15) is 0 Å². The van der Waals surface area contributed by atoms with Crippen LogP contribution in [0.15, 0.2) is 36.5 Å². The lowest BCUT2D eigenvalue weighted by molar-refractivity contribution is 0.617. The SMILES string of the molecule is CCCn1ncc2c(Nc3ccccc3)nc(Cl)nc21. The number of aryl methyl sites for hydroxylation is 1. The average molecular weight is 288 g/mol. The molecule has 0 radical (unpaired) electrons. The molecule has 0 aliphatic heterocycles. The van der Waals surface area contributed by atoms with Crippen molar-refractivity contribution in [3.8, 4) is 0 Å². The molecular formula is C14H14ClN5. The number of anilines is 2. The van der Waals surface area contributed by atoms with Gasteiger partial charge in [-0.05, 0) is 30.2 Å². The molecular weight excluding hydrogens is 274 g/mol. The Morgan fingerprint density at radius 2 is 2.00 bits per heavy atom. The van der Waals surface area contributed by atoms with Crippen LogP contribution in [-0.2, 0) is 6.54 Å². The van der Waals surface area contributed by atoms with E-state index >= 15 is 0 Å². The van der Waals surface area contributed by atoms with E-state index in [1.54, 1.807) is 6.20 Å². The van der Waals surface area contributed by atoms with Crippen LogP contribution in [0.25, 0.3) is 11.0 Å². The third kappa shape index (κ3) is 2.44. The number of fused-ring (bicyclic) bond motifs is 1. The molecule has 6 heteroatoms. The first-order valence-electron chi connectivity index (χ1n) is 6.49. The Labute approximate surface area is 121 Å². The first-order valence-corrected chi connectivity index (χ1v) is 6.87. The normalized spacial score (nSPS) is 10.9. The molecule has 2 aromatic heterocycles. The van der Waals surface area contributed by atoms with Gasteiger partial charge in [0.2, 0.25) is 5.28 Å². The average Bonchev–Trinajstić information content (AvgIpc) is 2.84. The van der Waals surface area contributed by atoms with E-state index in [1.807, 2.05) is 35.0 Å². The summed E-state index contributed by atoms with van der Waals surface area (Å²) in [6.45, 7) is 2.90. The Morgan fingerprint density at radius 3 is 2.75 bits per heavy atom. The third-order valence-corrected chi connectivity index (χ3v) is 3.11. The molecule has 1 aromatic carbocycles. The Morgan fingerprint density at radius 1 is 1.20 bits per heavy atom. The molecule has 0 saturated carbocycles. The van der Waals surface area contributed by atoms with Crippen LogP contribution < -0.4 is 5.32 Å². The van der Waals surface area contributed by atoms with Gasteiger partial charge in [0, 0.05) is 12.2 Å². The summed E-state index contributed by atoms with van der Waals surface area (Å²) in [5.74, 6) is 0.675. The molecule has 0 fully saturated rings. The number of aromatic nitrogens is 4. The summed E-state index contributed by atoms with van der Waals surface area (Å²) in [7, 11) is 0. The standard InChI is InChI=1S/C14H14ClN5/c1-2-8-20-13-11(9-16-20)12(18-14(15)19-13)17-10-6-4-3-5-7-10/h3-7,9H,2,8H2,1H3,(H,17,18,19). The zero-order valence-electron chi connectivity index (χ0n) is 11.0. The number of hydrogen-bond acceptors (Lipinski definition) is 4. The van der Waals surface area contributed by atoms with Gasteiger partial charge in [0.15, 0.2) is 5.65 Å². The first-order chi connectivity index (χ1) is 9.78. The molecule has 20 heavy (non-hydrogen) atoms. The van der Waals surface area contributed by atoms with Gasteiger partial charge in [-0.25, -0.2) is 4.68 Å². The maximum Gasteiger partial charge on any atom is 0.226 e. The summed E-state index contributed by atoms with van der Waals surface area (Å²) in [5, 5.41) is 8.68. The van der Waals surface area contributed by atoms with E-state index in [0.29, 0.717) is 5.82 Å². The van der Waals surface area contributed by atoms with E-state index in [2.05, 4.69) is 27.3 Å². The van der Waals surface area contributed by atoms with Crippen LogP contribution in [0.5, 0.6) is 0 Å². The molecule has 0 unspecified atom stereocenters. The minimum atomic E-state index is 0.216. The molecule has 2 heterocycles. The highest BCUT2D eigenvalue weighted by Gasteiger charge is 2.12. The molecule has 1 N–H and O–H groups in total. The van der Waals surface area contributed by atoms with Crippen LogP contribution in [0.4, 0.5) is 11.5 Å². The van der Waals surface area contributed by atoms with E-state index < -0.39 is 0 Å². The minimum Gasteiger partial charge on any atom is -0.339 e. The lowest BCUT2D eigenvalue weighted by atomic mass is 10.3. The molecule has 0 atom stereocenters. The van der Waals surface area contributed by atoms with E-state index in [0.717, 1.165) is 29.7 Å². The summed E-state index contributed by atoms with van der Waals surface area (Å²) >= 11 is 6.02. The largest absolute Gasteiger partial charge is 0.339 e. The molecule has 3 rings (SSSR count). The summed E-state index contributed by atoms with van der Waals surface area (Å²) in [6, 6.07) is 9.83. The van der Waals surface area contributed by atoms with Gasteiger partial charge in [-0.3, -0.25) is 0 Å². The second-order valence-corrected chi connectivity index (χ2v) is 4.78. The predicted octanol–water partition coefficient (Wildman–Crippen LogP) is 3.63. The fourth-order valence-corrected chi connectivity index (χ4v) is 2.22. The molecule has 3 aromatic rings. The monoisotopic (exact) mass is 287 g/mol. The van der Waals surface area contributed by atoms with Crippen LogP contribution in [0.2, 0.25) is 5.28 Å². The van der Waals surface area contributed by atoms with Crippen LogP contribution in [0, 0.1) is 0 Å². The van der Waals surface area contributed by atoms with Crippen LogP contribution >= 0.6 is 11.6 Å². The summed E-state index contributed by atoms with van der Waals surface area (Å²) < 4.78 is 1.85. The van der Waals surface area contributed by atoms with Crippen molar-refractivity contribution in [2.24, 2.45) is 0 Å². The van der Waals surface area contributed by atoms with Crippen LogP contribution in [0.3, 0.4) is 0 Å². The number of benzene rings is 1. The number of nitrogens with zero attached hydrogens (tertiary/aromatic N) is 4. The van der Waals surface area contributed by atoms with Gasteiger partial charge in [-0.15, -0.1) is 0 Å². The van der Waals surface area contributed by atoms with Crippen molar-refractivity contribution < 1.29 is 0 Å². The summed E-state index contributed by atoms with van der Waals surface area (Å²) in [4.78, 5) is 8.53. The second kappa shape index (κ2) is 5.46. The molecule has 0 aliphatic rings. The van der Waals surface area contributed by atoms with Gasteiger partial charge in [0.05, 0.1) is 11.6 Å². The Hall–Kier alpha value is -2.14. The fraction of sp³-hybridized carbons (Fsp3) is 0.214. The van der Waals surface area contributed by atoms with Crippen molar-refractivity contribution in [2.75, 3.05) is 5.32 Å². The zero-order valence-corrected chi connectivity index (χ0v) is 11.8. The number of halogens is 1. The fourth-order valence-electron chi connectivity index (χ4n) is 2.06. The second-order valence-electron chi connectivity index (χ2n) is 4.44. The number of hydrogen-bond donors (Lipinski definition) is 1. The molecule has 0 aliphatic carbocycles. The summed E-state index contributed by atoms with van der Waals surface area (Å²) in [5.41, 5.74) is 1.71. The van der Waals surface area contributed by atoms with Crippen LogP contribution in [-0.4, -0.2) is 19.7 Å². The van der Waals surface area contributed by atoms with Crippen molar-refractivity contribution in [3.63, 3.8) is 0 Å². The van der Waals surface area contributed by atoms with Gasteiger partial charge in [-0.2, -0.15) is 15.1 Å². The first kappa shape index (κ1) is 12.9. The highest BCUT2D eigenvalue weighted by Crippen LogP contribution is 2.25. The minimum absolute atomic E-state index is 0.216. The topological polar surface area (TPSA) is 55.6 Å². The number of rotatable bonds is 4. The van der Waals surface area contributed by atoms with Gasteiger partial charge in [0.25, 0.3) is 0 Å². The van der Waals surface area contributed by atoms with E-state index in [1.165, 1.54) is 0 Å². The molecule has 102 valence electrons. The lowest BCUT2D eigenvalue weighted by Crippen LogP contribution is -2.02. The van der Waals surface area contributed by atoms with Gasteiger partial charge in [0.1, 0.15) is 5.82 Å². The Balaban J connectivity index is 2.06. The smallest absolute Gasteiger partial charge is 0.226 e.